The predicted molar refractivity (Wildman–Crippen MR) is 498 cm³/mol. The summed E-state index contributed by atoms with van der Waals surface area (Å²) in [5.41, 5.74) is 7.64. The number of nitrogens with one attached hydrogen (secondary N) is 4. The fourth-order valence-corrected chi connectivity index (χ4v) is 12.6. The Labute approximate surface area is 762 Å². The quantitative estimate of drug-likeness (QED) is 0.0393. The molecule has 4 amide bonds. The lowest BCUT2D eigenvalue weighted by atomic mass is 9.73. The first-order chi connectivity index (χ1) is 57.0. The zero-order chi connectivity index (χ0) is 92.3. The molecule has 0 saturated carbocycles. The molecule has 0 spiro atoms. The molecule has 0 aliphatic carbocycles. The van der Waals surface area contributed by atoms with Gasteiger partial charge in [-0.05, 0) is 275 Å². The van der Waals surface area contributed by atoms with E-state index >= 15 is 0 Å². The maximum absolute atomic E-state index is 12.0. The number of nitrogens with zero attached hydrogens (tertiary/aromatic N) is 6. The van der Waals surface area contributed by atoms with Gasteiger partial charge in [0.05, 0.1) is 90.7 Å². The lowest BCUT2D eigenvalue weighted by molar-refractivity contribution is -0.107. The van der Waals surface area contributed by atoms with Gasteiger partial charge in [-0.3, -0.25) is 0 Å². The molecule has 4 radical (unpaired) electrons. The van der Waals surface area contributed by atoms with E-state index < -0.39 is 76.3 Å². The Morgan fingerprint density at radius 2 is 0.648 bits per heavy atom. The molecule has 3 unspecified atom stereocenters. The van der Waals surface area contributed by atoms with E-state index in [0.29, 0.717) is 52.6 Å². The summed E-state index contributed by atoms with van der Waals surface area (Å²) in [6, 6.07) is 24.4. The van der Waals surface area contributed by atoms with Crippen molar-refractivity contribution in [1.82, 2.24) is 51.2 Å². The Balaban J connectivity index is 0.000000393. The molecule has 5 aliphatic rings. The Morgan fingerprint density at radius 3 is 0.920 bits per heavy atom. The Bertz CT molecular complexity index is 4260. The van der Waals surface area contributed by atoms with Gasteiger partial charge < -0.3 is 88.9 Å². The fourth-order valence-electron chi connectivity index (χ4n) is 11.8. The van der Waals surface area contributed by atoms with Crippen molar-refractivity contribution in [1.29, 1.82) is 0 Å². The number of fused-ring (bicyclic) bond motifs is 4. The number of aliphatic hydroxyl groups is 4. The van der Waals surface area contributed by atoms with Crippen molar-refractivity contribution >= 4 is 84.3 Å². The third-order valence-corrected chi connectivity index (χ3v) is 21.1. The number of carbonyl (C=O) groups excluding carboxylic acids is 4. The normalized spacial score (nSPS) is 17.2. The minimum atomic E-state index is -1.01. The molecule has 3 aromatic heterocycles. The Hall–Kier alpha value is -8.05. The lowest BCUT2D eigenvalue weighted by Crippen LogP contribution is -2.44. The van der Waals surface area contributed by atoms with Gasteiger partial charge in [0, 0.05) is 68.3 Å². The Morgan fingerprint density at radius 1 is 0.400 bits per heavy atom. The van der Waals surface area contributed by atoms with E-state index in [1.165, 1.54) is 41.2 Å². The van der Waals surface area contributed by atoms with Crippen molar-refractivity contribution in [3.8, 4) is 22.3 Å². The summed E-state index contributed by atoms with van der Waals surface area (Å²) in [5.74, 6) is 0. The summed E-state index contributed by atoms with van der Waals surface area (Å²) < 4.78 is 59.1. The number of benzene rings is 4. The van der Waals surface area contributed by atoms with Crippen LogP contribution >= 0.6 is 31.9 Å². The molecule has 33 heteroatoms. The molecule has 8 heterocycles. The lowest BCUT2D eigenvalue weighted by Gasteiger charge is -2.32. The van der Waals surface area contributed by atoms with Crippen molar-refractivity contribution in [3.63, 3.8) is 0 Å². The molecule has 1 fully saturated rings. The summed E-state index contributed by atoms with van der Waals surface area (Å²) in [5, 5.41) is 47.6. The van der Waals surface area contributed by atoms with Crippen LogP contribution in [0.4, 0.5) is 19.2 Å². The number of hydrogen-bond acceptors (Lipinski definition) is 24. The van der Waals surface area contributed by atoms with Crippen LogP contribution in [0.2, 0.25) is 0 Å². The average Bonchev–Trinajstić information content (AvgIpc) is 1.62. The predicted octanol–water partition coefficient (Wildman–Crippen LogP) is 16.1. The van der Waals surface area contributed by atoms with Gasteiger partial charge in [-0.15, -0.1) is 0 Å². The van der Waals surface area contributed by atoms with Gasteiger partial charge in [0.25, 0.3) is 0 Å². The zero-order valence-electron chi connectivity index (χ0n) is 76.1. The van der Waals surface area contributed by atoms with Crippen LogP contribution in [0.1, 0.15) is 250 Å². The van der Waals surface area contributed by atoms with E-state index in [1.807, 2.05) is 162 Å². The van der Waals surface area contributed by atoms with Gasteiger partial charge in [-0.2, -0.15) is 0 Å². The molecule has 5 aliphatic heterocycles. The van der Waals surface area contributed by atoms with Crippen LogP contribution in [0.25, 0.3) is 22.3 Å². The van der Waals surface area contributed by atoms with E-state index in [9.17, 15) is 19.2 Å². The first kappa shape index (κ1) is 111. The van der Waals surface area contributed by atoms with Crippen LogP contribution in [0, 0.1) is 0 Å². The molecule has 4 aromatic carbocycles. The standard InChI is InChI=1S/C21H32BNO5.2C19H23N3O3.C15H20BrNO3.2C6H14O2.C4H3BrN2.2CH4.B2/c1-19(2,3)26-18(24)23-13-17-15-9-8-10-16(14(15)11-12-25-17)22-27-20(4,5)21(6,7)28-22;2*1-19(2,3)25-18(23)22-11-17-16-6-4-5-14(15(16)7-8-24-17)13-9-20-12-21-10-13;1-15(2,3)20-14(18)17-9-13-11-5-4-6-12(16)10(11)7-8-19-13;2*1-5(2,7)6(3,4)8;5-4-1-6-3-7-2-4;;;1-2/h8-10,17H,11-13H2,1-7H3,(H,23,24);2*4-6,9-10,12,17H,7-8,11H2,1-3H3,(H,22,23);4-6,13H,7-9H2,1-3H3,(H,17,18);2*7-8H,1-4H3;1-3H;2*1H4;/t;17-;;;;;;;;/m.0......../s1. The van der Waals surface area contributed by atoms with Crippen LogP contribution < -0.4 is 26.7 Å². The highest BCUT2D eigenvalue weighted by molar-refractivity contribution is 9.10. The van der Waals surface area contributed by atoms with Gasteiger partial charge in [0.15, 0.2) is 0 Å². The van der Waals surface area contributed by atoms with Crippen molar-refractivity contribution < 1.29 is 86.8 Å². The molecule has 28 nitrogen and oxygen atoms in total. The number of rotatable bonds is 13. The topological polar surface area (TPSA) is 367 Å². The van der Waals surface area contributed by atoms with Crippen LogP contribution in [-0.4, -0.2) is 206 Å². The van der Waals surface area contributed by atoms with E-state index in [-0.39, 0.29) is 50.5 Å². The van der Waals surface area contributed by atoms with Gasteiger partial charge in [-0.1, -0.05) is 97.5 Å². The second-order valence-corrected chi connectivity index (χ2v) is 38.3. The molecular formula is C92H137B3Br2N10O18. The summed E-state index contributed by atoms with van der Waals surface area (Å²) in [7, 11) is 7.59. The van der Waals surface area contributed by atoms with Crippen LogP contribution in [-0.2, 0) is 72.9 Å². The monoisotopic (exact) mass is 1860 g/mol. The molecule has 12 rings (SSSR count). The number of ether oxygens (including phenoxy) is 8. The summed E-state index contributed by atoms with van der Waals surface area (Å²) >= 11 is 6.75. The van der Waals surface area contributed by atoms with Crippen molar-refractivity contribution in [2.75, 3.05) is 52.6 Å². The van der Waals surface area contributed by atoms with E-state index in [1.54, 1.807) is 67.8 Å². The third kappa shape index (κ3) is 37.3. The maximum atomic E-state index is 12.0. The zero-order valence-corrected chi connectivity index (χ0v) is 79.3. The molecule has 0 bridgehead atoms. The first-order valence-electron chi connectivity index (χ1n) is 41.0. The van der Waals surface area contributed by atoms with Crippen molar-refractivity contribution in [3.05, 3.63) is 182 Å². The number of amides is 4. The molecule has 686 valence electrons. The minimum absolute atomic E-state index is 0. The number of carbonyl (C=O) groups is 4. The second-order valence-electron chi connectivity index (χ2n) is 36.6. The van der Waals surface area contributed by atoms with Crippen LogP contribution in [0.5, 0.6) is 0 Å². The number of hydrogen-bond donors (Lipinski definition) is 8. The highest BCUT2D eigenvalue weighted by Gasteiger charge is 2.53. The van der Waals surface area contributed by atoms with Crippen LogP contribution in [0.3, 0.4) is 0 Å². The average molecular weight is 1860 g/mol. The molecule has 125 heavy (non-hydrogen) atoms. The number of halogens is 2. The minimum Gasteiger partial charge on any atom is -0.444 e. The highest BCUT2D eigenvalue weighted by atomic mass is 79.9. The molecular weight excluding hydrogens is 1730 g/mol. The van der Waals surface area contributed by atoms with Crippen molar-refractivity contribution in [2.24, 2.45) is 0 Å². The molecule has 8 N–H and O–H groups in total. The second kappa shape index (κ2) is 48.9. The van der Waals surface area contributed by atoms with Gasteiger partial charge >= 0.3 is 31.5 Å². The largest absolute Gasteiger partial charge is 0.495 e. The third-order valence-electron chi connectivity index (χ3n) is 20.0. The van der Waals surface area contributed by atoms with E-state index in [2.05, 4.69) is 144 Å². The van der Waals surface area contributed by atoms with Gasteiger partial charge in [0.2, 0.25) is 0 Å². The van der Waals surface area contributed by atoms with Gasteiger partial charge in [0.1, 0.15) is 65.8 Å². The number of aromatic nitrogens is 6. The maximum Gasteiger partial charge on any atom is 0.495 e. The summed E-state index contributed by atoms with van der Waals surface area (Å²) in [4.78, 5) is 71.4. The summed E-state index contributed by atoms with van der Waals surface area (Å²) in [6.07, 6.45) is 16.0. The van der Waals surface area contributed by atoms with Crippen LogP contribution in [0.15, 0.2) is 138 Å². The first-order valence-corrected chi connectivity index (χ1v) is 42.6. The highest BCUT2D eigenvalue weighted by Crippen LogP contribution is 2.40. The SMILES string of the molecule is Brc1cncnc1.C.C.CC(C)(C)OC(=O)NCC1OCCc2c(-c3cncnc3)cccc21.CC(C)(C)OC(=O)NCC1OCCc2c(B3OC(C)(C)C(C)(C)O3)cccc21.CC(C)(C)OC(=O)NCC1OCCc2c(Br)cccc21.CC(C)(C)OC(=O)NC[C@@H]1OCCc2c(-c3cncnc3)cccc21.CC(C)(O)C(C)(C)O.CC(C)(O)C(C)(C)O.[B][B]. The van der Waals surface area contributed by atoms with Gasteiger partial charge in [-0.25, -0.2) is 49.1 Å². The molecule has 1 saturated heterocycles. The molecule has 4 atom stereocenters. The number of alkyl carbamates (subject to hydrolysis) is 4. The van der Waals surface area contributed by atoms with E-state index in [0.717, 1.165) is 84.6 Å². The molecule has 7 aromatic rings. The Kier molecular flexibility index (Phi) is 43.5. The van der Waals surface area contributed by atoms with Crippen molar-refractivity contribution in [2.45, 2.75) is 287 Å². The summed E-state index contributed by atoms with van der Waals surface area (Å²) in [6.45, 7) is 46.9. The fraction of sp³-hybridized carbons (Fsp3) is 0.565. The van der Waals surface area contributed by atoms with E-state index in [4.69, 9.17) is 67.6 Å². The smallest absolute Gasteiger partial charge is 0.444 e.